The number of halogens is 1. The number of carboxylic acids is 1. The Labute approximate surface area is 251 Å². The van der Waals surface area contributed by atoms with Crippen LogP contribution in [0.3, 0.4) is 0 Å². The van der Waals surface area contributed by atoms with Gasteiger partial charge >= 0.3 is 10.8 Å². The van der Waals surface area contributed by atoms with Gasteiger partial charge in [-0.3, -0.25) is 34.2 Å². The lowest BCUT2D eigenvalue weighted by Crippen LogP contribution is -2.42. The Morgan fingerprint density at radius 3 is 2.53 bits per heavy atom. The zero-order valence-electron chi connectivity index (χ0n) is 22.3. The number of benzene rings is 2. The highest BCUT2D eigenvalue weighted by Gasteiger charge is 2.69. The van der Waals surface area contributed by atoms with Gasteiger partial charge in [0.05, 0.1) is 28.2 Å². The Morgan fingerprint density at radius 2 is 1.84 bits per heavy atom. The number of nitro benzene ring substituents is 1. The topological polar surface area (TPSA) is 160 Å². The molecule has 11 nitrogen and oxygen atoms in total. The summed E-state index contributed by atoms with van der Waals surface area (Å²) in [6, 6.07) is 10.1. The molecular weight excluding hydrogens is 601 g/mol. The molecule has 2 aromatic carbocycles. The summed E-state index contributed by atoms with van der Waals surface area (Å²) in [5, 5.41) is 21.5. The number of thioether (sulfide) groups is 1. The van der Waals surface area contributed by atoms with Crippen LogP contribution in [-0.4, -0.2) is 49.5 Å². The number of rotatable bonds is 8. The summed E-state index contributed by atoms with van der Waals surface area (Å²) in [6.45, 7) is -0.114. The quantitative estimate of drug-likeness (QED) is 0.214. The molecule has 4 aliphatic rings. The Morgan fingerprint density at radius 1 is 1.12 bits per heavy atom. The van der Waals surface area contributed by atoms with E-state index in [2.05, 4.69) is 4.98 Å². The monoisotopic (exact) mass is 625 g/mol. The van der Waals surface area contributed by atoms with Crippen LogP contribution in [0, 0.1) is 45.5 Å². The summed E-state index contributed by atoms with van der Waals surface area (Å²) in [7, 11) is 0. The third-order valence-electron chi connectivity index (χ3n) is 9.21. The number of aromatic amines is 1. The van der Waals surface area contributed by atoms with Crippen LogP contribution in [0.1, 0.15) is 34.8 Å². The number of carbonyl (C=O) groups excluding carboxylic acids is 2. The van der Waals surface area contributed by atoms with Gasteiger partial charge in [-0.1, -0.05) is 23.5 Å². The maximum atomic E-state index is 13.6. The highest BCUT2D eigenvalue weighted by Crippen LogP contribution is 2.69. The molecule has 3 aromatic rings. The molecule has 7 rings (SSSR count). The zero-order chi connectivity index (χ0) is 30.2. The summed E-state index contributed by atoms with van der Waals surface area (Å²) in [5.41, 5.74) is 1.04. The number of fused-ring (bicyclic) bond motifs is 9. The molecule has 2 bridgehead atoms. The van der Waals surface area contributed by atoms with E-state index in [0.29, 0.717) is 33.2 Å². The number of non-ortho nitro benzene ring substituents is 1. The van der Waals surface area contributed by atoms with Crippen molar-refractivity contribution in [3.63, 3.8) is 0 Å². The minimum absolute atomic E-state index is 0.0686. The lowest BCUT2D eigenvalue weighted by molar-refractivity contribution is -0.385. The molecule has 3 heterocycles. The van der Waals surface area contributed by atoms with Crippen molar-refractivity contribution in [2.75, 3.05) is 6.54 Å². The average Bonchev–Trinajstić information content (AvgIpc) is 3.70. The first-order chi connectivity index (χ1) is 20.6. The van der Waals surface area contributed by atoms with E-state index in [4.69, 9.17) is 9.84 Å². The SMILES string of the molecule is O=C(O)CCN1C(=O)[C@@H]2[C@H]3C[C@@H]([C@@H]4Sc5[nH]c(=O)sc5[C@@H](c5cc([N+](=O)[O-])ccc5OCc5ccc(F)cc5)[C@@H]34)[C@H]2C1=O. The van der Waals surface area contributed by atoms with Gasteiger partial charge in [0.1, 0.15) is 18.2 Å². The molecular formula is C29H24FN3O8S2. The maximum absolute atomic E-state index is 13.6. The van der Waals surface area contributed by atoms with Gasteiger partial charge in [-0.05, 0) is 47.9 Å². The van der Waals surface area contributed by atoms with Gasteiger partial charge in [0.25, 0.3) is 5.69 Å². The first-order valence-electron chi connectivity index (χ1n) is 13.7. The summed E-state index contributed by atoms with van der Waals surface area (Å²) in [4.78, 5) is 66.6. The molecule has 2 aliphatic heterocycles. The third kappa shape index (κ3) is 4.46. The second kappa shape index (κ2) is 10.3. The van der Waals surface area contributed by atoms with E-state index < -0.39 is 34.5 Å². The van der Waals surface area contributed by atoms with Crippen molar-refractivity contribution in [1.82, 2.24) is 9.88 Å². The van der Waals surface area contributed by atoms with Crippen molar-refractivity contribution < 1.29 is 33.5 Å². The van der Waals surface area contributed by atoms with E-state index in [1.165, 1.54) is 42.1 Å². The molecule has 222 valence electrons. The van der Waals surface area contributed by atoms with E-state index in [-0.39, 0.29) is 65.0 Å². The van der Waals surface area contributed by atoms with Crippen molar-refractivity contribution in [3.8, 4) is 5.75 Å². The van der Waals surface area contributed by atoms with Crippen molar-refractivity contribution in [1.29, 1.82) is 0 Å². The average molecular weight is 626 g/mol. The molecule has 3 fully saturated rings. The normalized spacial score (nSPS) is 28.5. The molecule has 0 unspecified atom stereocenters. The number of carboxylic acid groups (broad SMARTS) is 1. The van der Waals surface area contributed by atoms with Crippen LogP contribution in [0.2, 0.25) is 0 Å². The number of thiazole rings is 1. The van der Waals surface area contributed by atoms with Crippen LogP contribution in [0.4, 0.5) is 10.1 Å². The van der Waals surface area contributed by atoms with Crippen LogP contribution >= 0.6 is 23.1 Å². The predicted octanol–water partition coefficient (Wildman–Crippen LogP) is 4.01. The molecule has 43 heavy (non-hydrogen) atoms. The fourth-order valence-corrected chi connectivity index (χ4v) is 10.5. The first-order valence-corrected chi connectivity index (χ1v) is 15.4. The van der Waals surface area contributed by atoms with E-state index in [1.54, 1.807) is 12.1 Å². The number of imide groups is 1. The molecule has 2 amide bonds. The van der Waals surface area contributed by atoms with Crippen molar-refractivity contribution >= 4 is 46.6 Å². The molecule has 14 heteroatoms. The smallest absolute Gasteiger partial charge is 0.305 e. The first kappa shape index (κ1) is 27.8. The standard InChI is InChI=1S/C29H24FN3O8S2/c30-13-3-1-12(2-4-13)11-41-18-6-5-14(33(39)40)9-15(18)20-21-16-10-17(24(21)42-26-25(20)43-29(38)31-26)23-22(16)27(36)32(28(23)37)8-7-19(34)35/h1-6,9,16-17,20-24H,7-8,10-11H2,(H,31,38)(H,34,35)/t16-,17+,20-,21+,22+,23+,24-/m0/s1. The number of nitrogens with zero attached hydrogens (tertiary/aromatic N) is 2. The number of H-pyrrole nitrogens is 1. The van der Waals surface area contributed by atoms with Gasteiger partial charge in [0.2, 0.25) is 11.8 Å². The van der Waals surface area contributed by atoms with Crippen LogP contribution in [0.15, 0.2) is 52.3 Å². The second-order valence-electron chi connectivity index (χ2n) is 11.3. The number of hydrogen-bond acceptors (Lipinski definition) is 9. The number of aromatic nitrogens is 1. The Hall–Kier alpha value is -4.04. The minimum atomic E-state index is -1.10. The van der Waals surface area contributed by atoms with Crippen LogP contribution in [0.25, 0.3) is 0 Å². The Bertz CT molecular complexity index is 1740. The van der Waals surface area contributed by atoms with Crippen molar-refractivity contribution in [2.45, 2.75) is 35.6 Å². The van der Waals surface area contributed by atoms with Crippen LogP contribution in [-0.2, 0) is 21.0 Å². The summed E-state index contributed by atoms with van der Waals surface area (Å²) >= 11 is 2.50. The molecule has 1 aromatic heterocycles. The number of carbonyl (C=O) groups is 3. The van der Waals surface area contributed by atoms with Gasteiger partial charge in [-0.15, -0.1) is 11.8 Å². The van der Waals surface area contributed by atoms with Crippen LogP contribution < -0.4 is 9.61 Å². The van der Waals surface area contributed by atoms with Gasteiger partial charge in [0, 0.05) is 40.3 Å². The zero-order valence-corrected chi connectivity index (χ0v) is 23.9. The largest absolute Gasteiger partial charge is 0.489 e. The van der Waals surface area contributed by atoms with E-state index in [0.717, 1.165) is 16.2 Å². The van der Waals surface area contributed by atoms with E-state index in [9.17, 15) is 33.7 Å². The van der Waals surface area contributed by atoms with Gasteiger partial charge in [0.15, 0.2) is 0 Å². The summed E-state index contributed by atoms with van der Waals surface area (Å²) < 4.78 is 19.6. The number of nitrogens with one attached hydrogen (secondary N) is 1. The maximum Gasteiger partial charge on any atom is 0.305 e. The van der Waals surface area contributed by atoms with Gasteiger partial charge in [-0.2, -0.15) is 0 Å². The molecule has 2 saturated carbocycles. The van der Waals surface area contributed by atoms with Gasteiger partial charge in [-0.25, -0.2) is 4.39 Å². The van der Waals surface area contributed by atoms with E-state index >= 15 is 0 Å². The number of likely N-dealkylation sites (tertiary alicyclic amines) is 1. The molecule has 0 spiro atoms. The number of aliphatic carboxylic acids is 1. The van der Waals surface area contributed by atoms with E-state index in [1.807, 2.05) is 0 Å². The summed E-state index contributed by atoms with van der Waals surface area (Å²) in [5.74, 6) is -4.21. The second-order valence-corrected chi connectivity index (χ2v) is 13.5. The molecule has 2 aliphatic carbocycles. The van der Waals surface area contributed by atoms with Crippen LogP contribution in [0.5, 0.6) is 5.75 Å². The Kier molecular flexibility index (Phi) is 6.65. The highest BCUT2D eigenvalue weighted by molar-refractivity contribution is 8.00. The predicted molar refractivity (Wildman–Crippen MR) is 151 cm³/mol. The summed E-state index contributed by atoms with van der Waals surface area (Å²) in [6.07, 6.45) is 0.274. The lowest BCUT2D eigenvalue weighted by atomic mass is 9.68. The number of nitro groups is 1. The van der Waals surface area contributed by atoms with Gasteiger partial charge < -0.3 is 14.8 Å². The minimum Gasteiger partial charge on any atom is -0.489 e. The molecule has 1 saturated heterocycles. The molecule has 7 atom stereocenters. The number of ether oxygens (including phenoxy) is 1. The molecule has 0 radical (unpaired) electrons. The molecule has 2 N–H and O–H groups in total. The Balaban J connectivity index is 1.30. The fourth-order valence-electron chi connectivity index (χ4n) is 7.62. The fraction of sp³-hybridized carbons (Fsp3) is 0.379. The highest BCUT2D eigenvalue weighted by atomic mass is 32.2. The lowest BCUT2D eigenvalue weighted by Gasteiger charge is -2.43. The number of hydrogen-bond donors (Lipinski definition) is 2. The third-order valence-corrected chi connectivity index (χ3v) is 11.8. The van der Waals surface area contributed by atoms with Crippen molar-refractivity contribution in [2.24, 2.45) is 29.6 Å². The van der Waals surface area contributed by atoms with Crippen molar-refractivity contribution in [3.05, 3.63) is 84.1 Å². The number of amides is 2.